The molecule has 8 atom stereocenters. The largest absolute Gasteiger partial charge is 0.352 e. The lowest BCUT2D eigenvalue weighted by atomic mass is 9.77. The molecule has 0 radical (unpaired) electrons. The summed E-state index contributed by atoms with van der Waals surface area (Å²) in [5, 5.41) is 6.79. The second-order valence-corrected chi connectivity index (χ2v) is 10.9. The van der Waals surface area contributed by atoms with E-state index >= 15 is 0 Å². The van der Waals surface area contributed by atoms with Gasteiger partial charge in [-0.2, -0.15) is 0 Å². The Bertz CT molecular complexity index is 672. The fourth-order valence-corrected chi connectivity index (χ4v) is 7.15. The van der Waals surface area contributed by atoms with Crippen LogP contribution in [-0.2, 0) is 9.59 Å². The number of halogens is 1. The molecule has 2 N–H and O–H groups in total. The average Bonchev–Trinajstić information content (AvgIpc) is 3.24. The number of carbonyl (C=O) groups is 2. The van der Waals surface area contributed by atoms with Gasteiger partial charge in [0, 0.05) is 56.1 Å². The maximum absolute atomic E-state index is 14.4. The smallest absolute Gasteiger partial charge is 0.237 e. The number of fused-ring (bicyclic) bond motifs is 2. The van der Waals surface area contributed by atoms with Crippen molar-refractivity contribution in [3.05, 3.63) is 0 Å². The van der Waals surface area contributed by atoms with Gasteiger partial charge in [0.25, 0.3) is 0 Å². The predicted octanol–water partition coefficient (Wildman–Crippen LogP) is 2.23. The van der Waals surface area contributed by atoms with Gasteiger partial charge in [-0.05, 0) is 63.7 Å². The summed E-state index contributed by atoms with van der Waals surface area (Å²) in [4.78, 5) is 29.9. The standard InChI is InChI=1S/C24H39FN4O2/c1-15-8-9-20(25)19-13-21(27-23(15)19)24(31)26-16-4-2-5-17(12-16)28-10-11-29-18(14-28)6-3-7-22(29)30/h15-21,23,27H,2-14H2,1H3,(H,26,31)/t15?,16-,17+,18+,19?,20?,21?,23?/m1/s1. The van der Waals surface area contributed by atoms with Crippen molar-refractivity contribution in [2.45, 2.75) is 108 Å². The molecule has 6 nitrogen and oxygen atoms in total. The van der Waals surface area contributed by atoms with Gasteiger partial charge in [0.2, 0.25) is 11.8 Å². The van der Waals surface area contributed by atoms with Crippen LogP contribution in [0.2, 0.25) is 0 Å². The predicted molar refractivity (Wildman–Crippen MR) is 117 cm³/mol. The van der Waals surface area contributed by atoms with Crippen LogP contribution in [0.15, 0.2) is 0 Å². The van der Waals surface area contributed by atoms with Crippen molar-refractivity contribution in [3.63, 3.8) is 0 Å². The lowest BCUT2D eigenvalue weighted by Crippen LogP contribution is -2.60. The number of amides is 2. The number of piperazine rings is 1. The Labute approximate surface area is 185 Å². The summed E-state index contributed by atoms with van der Waals surface area (Å²) in [6.45, 7) is 4.98. The van der Waals surface area contributed by atoms with Crippen molar-refractivity contribution in [1.29, 1.82) is 0 Å². The number of piperidine rings is 1. The van der Waals surface area contributed by atoms with E-state index < -0.39 is 6.17 Å². The monoisotopic (exact) mass is 434 g/mol. The maximum Gasteiger partial charge on any atom is 0.237 e. The molecule has 0 aromatic carbocycles. The molecule has 174 valence electrons. The molecular formula is C24H39FN4O2. The first-order valence-electron chi connectivity index (χ1n) is 12.7. The van der Waals surface area contributed by atoms with E-state index in [4.69, 9.17) is 0 Å². The van der Waals surface area contributed by atoms with E-state index in [1.165, 1.54) is 6.42 Å². The zero-order valence-electron chi connectivity index (χ0n) is 18.9. The Balaban J connectivity index is 1.14. The zero-order chi connectivity index (χ0) is 21.5. The summed E-state index contributed by atoms with van der Waals surface area (Å²) < 4.78 is 14.4. The number of nitrogens with zero attached hydrogens (tertiary/aromatic N) is 2. The fraction of sp³-hybridized carbons (Fsp3) is 0.917. The van der Waals surface area contributed by atoms with Crippen LogP contribution in [0.5, 0.6) is 0 Å². The molecule has 0 spiro atoms. The van der Waals surface area contributed by atoms with Gasteiger partial charge >= 0.3 is 0 Å². The average molecular weight is 435 g/mol. The van der Waals surface area contributed by atoms with Crippen LogP contribution >= 0.6 is 0 Å². The van der Waals surface area contributed by atoms with Crippen LogP contribution < -0.4 is 10.6 Å². The molecule has 0 aromatic rings. The van der Waals surface area contributed by atoms with E-state index in [-0.39, 0.29) is 30.0 Å². The minimum Gasteiger partial charge on any atom is -0.352 e. The third kappa shape index (κ3) is 4.37. The normalized spacial score (nSPS) is 43.9. The summed E-state index contributed by atoms with van der Waals surface area (Å²) in [5.41, 5.74) is 0. The Morgan fingerprint density at radius 3 is 2.74 bits per heavy atom. The Morgan fingerprint density at radius 1 is 1.06 bits per heavy atom. The molecule has 0 aromatic heterocycles. The number of hydrogen-bond acceptors (Lipinski definition) is 4. The fourth-order valence-electron chi connectivity index (χ4n) is 7.15. The molecule has 0 bridgehead atoms. The van der Waals surface area contributed by atoms with E-state index in [2.05, 4.69) is 27.4 Å². The van der Waals surface area contributed by atoms with E-state index in [0.29, 0.717) is 43.2 Å². The van der Waals surface area contributed by atoms with Gasteiger partial charge in [0.1, 0.15) is 6.17 Å². The molecular weight excluding hydrogens is 395 g/mol. The quantitative estimate of drug-likeness (QED) is 0.715. The van der Waals surface area contributed by atoms with Gasteiger partial charge in [-0.1, -0.05) is 6.92 Å². The highest BCUT2D eigenvalue weighted by atomic mass is 19.1. The lowest BCUT2D eigenvalue weighted by Gasteiger charge is -2.48. The highest BCUT2D eigenvalue weighted by molar-refractivity contribution is 5.82. The number of carbonyl (C=O) groups excluding carboxylic acids is 2. The summed E-state index contributed by atoms with van der Waals surface area (Å²) in [7, 11) is 0. The Kier molecular flexibility index (Phi) is 6.26. The summed E-state index contributed by atoms with van der Waals surface area (Å²) in [5.74, 6) is 0.841. The van der Waals surface area contributed by atoms with Gasteiger partial charge in [0.15, 0.2) is 0 Å². The van der Waals surface area contributed by atoms with E-state index in [0.717, 1.165) is 58.2 Å². The molecule has 5 fully saturated rings. The van der Waals surface area contributed by atoms with Crippen molar-refractivity contribution in [1.82, 2.24) is 20.4 Å². The second-order valence-electron chi connectivity index (χ2n) is 10.9. The third-order valence-electron chi connectivity index (χ3n) is 8.93. The van der Waals surface area contributed by atoms with Gasteiger partial charge in [-0.15, -0.1) is 0 Å². The van der Waals surface area contributed by atoms with Crippen LogP contribution in [0.25, 0.3) is 0 Å². The molecule has 5 unspecified atom stereocenters. The van der Waals surface area contributed by atoms with Crippen molar-refractivity contribution in [3.8, 4) is 0 Å². The molecule has 2 amide bonds. The topological polar surface area (TPSA) is 64.7 Å². The van der Waals surface area contributed by atoms with Crippen LogP contribution in [-0.4, -0.2) is 77.6 Å². The third-order valence-corrected chi connectivity index (χ3v) is 8.93. The van der Waals surface area contributed by atoms with Crippen LogP contribution in [0.4, 0.5) is 4.39 Å². The highest BCUT2D eigenvalue weighted by Crippen LogP contribution is 2.38. The number of alkyl halides is 1. The van der Waals surface area contributed by atoms with E-state index in [1.54, 1.807) is 0 Å². The van der Waals surface area contributed by atoms with Gasteiger partial charge in [-0.3, -0.25) is 14.5 Å². The van der Waals surface area contributed by atoms with Crippen molar-refractivity contribution in [2.75, 3.05) is 19.6 Å². The maximum atomic E-state index is 14.4. The van der Waals surface area contributed by atoms with E-state index in [1.807, 2.05) is 0 Å². The summed E-state index contributed by atoms with van der Waals surface area (Å²) in [6, 6.07) is 0.985. The molecule has 3 aliphatic heterocycles. The van der Waals surface area contributed by atoms with Crippen molar-refractivity contribution in [2.24, 2.45) is 11.8 Å². The van der Waals surface area contributed by atoms with Crippen molar-refractivity contribution >= 4 is 11.8 Å². The minimum absolute atomic E-state index is 0.00639. The van der Waals surface area contributed by atoms with E-state index in [9.17, 15) is 14.0 Å². The number of rotatable bonds is 3. The number of nitrogens with one attached hydrogen (secondary N) is 2. The van der Waals surface area contributed by atoms with Gasteiger partial charge < -0.3 is 15.5 Å². The van der Waals surface area contributed by atoms with Crippen LogP contribution in [0.1, 0.15) is 71.1 Å². The molecule has 5 aliphatic rings. The molecule has 3 heterocycles. The summed E-state index contributed by atoms with van der Waals surface area (Å²) in [6.07, 6.45) is 8.62. The zero-order valence-corrected chi connectivity index (χ0v) is 18.9. The summed E-state index contributed by atoms with van der Waals surface area (Å²) >= 11 is 0. The SMILES string of the molecule is CC1CCC(F)C2CC(C(=O)N[C@@H]3CCC[C@H](N4CCN5C(=O)CCC[C@H]5C4)C3)NC12. The van der Waals surface area contributed by atoms with Crippen LogP contribution in [0, 0.1) is 11.8 Å². The first kappa shape index (κ1) is 21.6. The highest BCUT2D eigenvalue weighted by Gasteiger charge is 2.46. The lowest BCUT2D eigenvalue weighted by molar-refractivity contribution is -0.140. The van der Waals surface area contributed by atoms with Gasteiger partial charge in [0.05, 0.1) is 6.04 Å². The first-order chi connectivity index (χ1) is 15.0. The molecule has 31 heavy (non-hydrogen) atoms. The Hall–Kier alpha value is -1.21. The van der Waals surface area contributed by atoms with Crippen molar-refractivity contribution < 1.29 is 14.0 Å². The second kappa shape index (κ2) is 8.97. The molecule has 2 aliphatic carbocycles. The van der Waals surface area contributed by atoms with Crippen LogP contribution in [0.3, 0.4) is 0 Å². The van der Waals surface area contributed by atoms with Gasteiger partial charge in [-0.25, -0.2) is 4.39 Å². The molecule has 3 saturated heterocycles. The molecule has 5 rings (SSSR count). The number of hydrogen-bond donors (Lipinski definition) is 2. The molecule has 7 heteroatoms. The molecule has 2 saturated carbocycles. The minimum atomic E-state index is -0.768. The first-order valence-corrected chi connectivity index (χ1v) is 12.7. The Morgan fingerprint density at radius 2 is 1.90 bits per heavy atom.